The normalized spacial score (nSPS) is 13.3. The Kier molecular flexibility index (Phi) is 2.54. The fraction of sp³-hybridized carbons (Fsp3) is 0.400. The van der Waals surface area contributed by atoms with Crippen molar-refractivity contribution < 1.29 is 19.0 Å². The Labute approximate surface area is 81.1 Å². The third-order valence-corrected chi connectivity index (χ3v) is 2.14. The van der Waals surface area contributed by atoms with Crippen molar-refractivity contribution >= 4 is 0 Å². The molecule has 0 fully saturated rings. The SMILES string of the molecule is OCCc1cc(CF)cc2c1OCO2. The molecular formula is C10H11FO3. The van der Waals surface area contributed by atoms with Gasteiger partial charge in [-0.25, -0.2) is 4.39 Å². The van der Waals surface area contributed by atoms with E-state index in [1.165, 1.54) is 0 Å². The minimum absolute atomic E-state index is 0.0194. The average Bonchev–Trinajstić information content (AvgIpc) is 2.66. The molecule has 76 valence electrons. The molecule has 1 aliphatic heterocycles. The van der Waals surface area contributed by atoms with E-state index in [4.69, 9.17) is 14.6 Å². The van der Waals surface area contributed by atoms with Crippen LogP contribution in [-0.4, -0.2) is 18.5 Å². The van der Waals surface area contributed by atoms with Crippen LogP contribution in [0.4, 0.5) is 4.39 Å². The quantitative estimate of drug-likeness (QED) is 0.798. The highest BCUT2D eigenvalue weighted by atomic mass is 19.1. The molecule has 0 aromatic heterocycles. The van der Waals surface area contributed by atoms with Crippen LogP contribution in [0.25, 0.3) is 0 Å². The van der Waals surface area contributed by atoms with Gasteiger partial charge in [0.15, 0.2) is 11.5 Å². The first-order valence-electron chi connectivity index (χ1n) is 4.43. The van der Waals surface area contributed by atoms with Gasteiger partial charge in [-0.2, -0.15) is 0 Å². The van der Waals surface area contributed by atoms with Crippen LogP contribution in [0, 0.1) is 0 Å². The van der Waals surface area contributed by atoms with E-state index in [-0.39, 0.29) is 13.4 Å². The zero-order valence-electron chi connectivity index (χ0n) is 7.62. The number of fused-ring (bicyclic) bond motifs is 1. The zero-order valence-corrected chi connectivity index (χ0v) is 7.62. The summed E-state index contributed by atoms with van der Waals surface area (Å²) in [4.78, 5) is 0. The molecule has 1 aromatic rings. The lowest BCUT2D eigenvalue weighted by Gasteiger charge is -2.05. The highest BCUT2D eigenvalue weighted by molar-refractivity contribution is 5.50. The minimum Gasteiger partial charge on any atom is -0.454 e. The molecule has 0 amide bonds. The van der Waals surface area contributed by atoms with Crippen LogP contribution in [0.15, 0.2) is 12.1 Å². The summed E-state index contributed by atoms with van der Waals surface area (Å²) in [5.41, 5.74) is 1.35. The maximum Gasteiger partial charge on any atom is 0.231 e. The van der Waals surface area contributed by atoms with Gasteiger partial charge in [0.05, 0.1) is 0 Å². The Morgan fingerprint density at radius 1 is 1.36 bits per heavy atom. The van der Waals surface area contributed by atoms with Gasteiger partial charge in [-0.05, 0) is 24.1 Å². The van der Waals surface area contributed by atoms with Gasteiger partial charge >= 0.3 is 0 Å². The lowest BCUT2D eigenvalue weighted by molar-refractivity contribution is 0.172. The second-order valence-corrected chi connectivity index (χ2v) is 3.10. The van der Waals surface area contributed by atoms with E-state index in [1.807, 2.05) is 0 Å². The zero-order chi connectivity index (χ0) is 9.97. The monoisotopic (exact) mass is 198 g/mol. The first-order chi connectivity index (χ1) is 6.85. The molecule has 1 aliphatic rings. The number of aliphatic hydroxyl groups is 1. The number of rotatable bonds is 3. The molecule has 0 radical (unpaired) electrons. The number of alkyl halides is 1. The standard InChI is InChI=1S/C10H11FO3/c11-5-7-3-8(1-2-12)10-9(4-7)13-6-14-10/h3-4,12H,1-2,5-6H2. The first-order valence-corrected chi connectivity index (χ1v) is 4.43. The predicted molar refractivity (Wildman–Crippen MR) is 48.2 cm³/mol. The van der Waals surface area contributed by atoms with Gasteiger partial charge in [-0.1, -0.05) is 0 Å². The lowest BCUT2D eigenvalue weighted by Crippen LogP contribution is -1.96. The van der Waals surface area contributed by atoms with Crippen LogP contribution < -0.4 is 9.47 Å². The molecule has 0 atom stereocenters. The Bertz CT molecular complexity index is 338. The van der Waals surface area contributed by atoms with Crippen LogP contribution in [0.2, 0.25) is 0 Å². The summed E-state index contributed by atoms with van der Waals surface area (Å²) >= 11 is 0. The van der Waals surface area contributed by atoms with Gasteiger partial charge in [0.1, 0.15) is 6.67 Å². The molecule has 1 heterocycles. The van der Waals surface area contributed by atoms with Gasteiger partial charge in [0.25, 0.3) is 0 Å². The fourth-order valence-corrected chi connectivity index (χ4v) is 1.53. The van der Waals surface area contributed by atoms with Crippen molar-refractivity contribution in [2.45, 2.75) is 13.1 Å². The molecule has 0 aliphatic carbocycles. The molecule has 4 heteroatoms. The van der Waals surface area contributed by atoms with Crippen LogP contribution in [0.3, 0.4) is 0 Å². The van der Waals surface area contributed by atoms with E-state index in [1.54, 1.807) is 12.1 Å². The van der Waals surface area contributed by atoms with Crippen molar-refractivity contribution in [1.82, 2.24) is 0 Å². The predicted octanol–water partition coefficient (Wildman–Crippen LogP) is 1.42. The summed E-state index contributed by atoms with van der Waals surface area (Å²) in [5.74, 6) is 1.21. The fourth-order valence-electron chi connectivity index (χ4n) is 1.53. The number of benzene rings is 1. The highest BCUT2D eigenvalue weighted by Crippen LogP contribution is 2.37. The summed E-state index contributed by atoms with van der Waals surface area (Å²) < 4.78 is 22.8. The summed E-state index contributed by atoms with van der Waals surface area (Å²) in [7, 11) is 0. The van der Waals surface area contributed by atoms with Crippen molar-refractivity contribution in [2.75, 3.05) is 13.4 Å². The summed E-state index contributed by atoms with van der Waals surface area (Å²) in [6.45, 7) is -0.343. The molecule has 1 N–H and O–H groups in total. The molecule has 1 aromatic carbocycles. The second-order valence-electron chi connectivity index (χ2n) is 3.10. The topological polar surface area (TPSA) is 38.7 Å². The van der Waals surface area contributed by atoms with Crippen molar-refractivity contribution in [1.29, 1.82) is 0 Å². The van der Waals surface area contributed by atoms with E-state index >= 15 is 0 Å². The molecule has 14 heavy (non-hydrogen) atoms. The van der Waals surface area contributed by atoms with E-state index < -0.39 is 6.67 Å². The van der Waals surface area contributed by atoms with Crippen molar-refractivity contribution in [3.05, 3.63) is 23.3 Å². The van der Waals surface area contributed by atoms with E-state index in [0.29, 0.717) is 23.5 Å². The van der Waals surface area contributed by atoms with Crippen LogP contribution in [0.5, 0.6) is 11.5 Å². The smallest absolute Gasteiger partial charge is 0.231 e. The summed E-state index contributed by atoms with van der Waals surface area (Å²) in [6, 6.07) is 3.33. The Hall–Kier alpha value is -1.29. The van der Waals surface area contributed by atoms with Crippen LogP contribution in [0.1, 0.15) is 11.1 Å². The average molecular weight is 198 g/mol. The number of ether oxygens (including phenoxy) is 2. The van der Waals surface area contributed by atoms with Crippen LogP contribution in [-0.2, 0) is 13.1 Å². The third-order valence-electron chi connectivity index (χ3n) is 2.14. The maximum atomic E-state index is 12.5. The third kappa shape index (κ3) is 1.53. The maximum absolute atomic E-state index is 12.5. The van der Waals surface area contributed by atoms with Crippen LogP contribution >= 0.6 is 0 Å². The van der Waals surface area contributed by atoms with Gasteiger partial charge in [-0.3, -0.25) is 0 Å². The second kappa shape index (κ2) is 3.84. The molecule has 0 saturated heterocycles. The summed E-state index contributed by atoms with van der Waals surface area (Å²) in [5, 5.41) is 8.82. The van der Waals surface area contributed by atoms with Gasteiger partial charge in [0, 0.05) is 12.2 Å². The van der Waals surface area contributed by atoms with E-state index in [2.05, 4.69) is 0 Å². The molecular weight excluding hydrogens is 187 g/mol. The Morgan fingerprint density at radius 2 is 2.21 bits per heavy atom. The van der Waals surface area contributed by atoms with Gasteiger partial charge in [0.2, 0.25) is 6.79 Å². The molecule has 0 spiro atoms. The number of hydrogen-bond donors (Lipinski definition) is 1. The molecule has 0 saturated carbocycles. The molecule has 0 bridgehead atoms. The van der Waals surface area contributed by atoms with Crippen molar-refractivity contribution in [2.24, 2.45) is 0 Å². The lowest BCUT2D eigenvalue weighted by atomic mass is 10.1. The largest absolute Gasteiger partial charge is 0.454 e. The summed E-state index contributed by atoms with van der Waals surface area (Å²) in [6.07, 6.45) is 0.458. The van der Waals surface area contributed by atoms with Crippen molar-refractivity contribution in [3.63, 3.8) is 0 Å². The molecule has 0 unspecified atom stereocenters. The Morgan fingerprint density at radius 3 is 2.93 bits per heavy atom. The molecule has 2 rings (SSSR count). The molecule has 3 nitrogen and oxygen atoms in total. The van der Waals surface area contributed by atoms with E-state index in [9.17, 15) is 4.39 Å². The highest BCUT2D eigenvalue weighted by Gasteiger charge is 2.18. The van der Waals surface area contributed by atoms with Gasteiger partial charge in [-0.15, -0.1) is 0 Å². The number of halogens is 1. The first kappa shape index (κ1) is 9.27. The van der Waals surface area contributed by atoms with Gasteiger partial charge < -0.3 is 14.6 Å². The van der Waals surface area contributed by atoms with Crippen molar-refractivity contribution in [3.8, 4) is 11.5 Å². The van der Waals surface area contributed by atoms with E-state index in [0.717, 1.165) is 5.56 Å². The minimum atomic E-state index is -0.533. The Balaban J connectivity index is 2.41. The number of aliphatic hydroxyl groups excluding tert-OH is 1. The number of hydrogen-bond acceptors (Lipinski definition) is 3.